The smallest absolute Gasteiger partial charge is 0.407 e. The van der Waals surface area contributed by atoms with Crippen LogP contribution in [0.5, 0.6) is 0 Å². The van der Waals surface area contributed by atoms with Gasteiger partial charge in [0.2, 0.25) is 11.8 Å². The Bertz CT molecular complexity index is 2760. The van der Waals surface area contributed by atoms with Crippen LogP contribution in [0.2, 0.25) is 0 Å². The molecule has 15 heteroatoms. The van der Waals surface area contributed by atoms with Crippen LogP contribution in [-0.2, 0) is 44.7 Å². The number of carbonyl (C=O) groups is 4. The summed E-state index contributed by atoms with van der Waals surface area (Å²) in [6.45, 7) is 10.6. The number of ether oxygens (including phenoxy) is 2. The van der Waals surface area contributed by atoms with Gasteiger partial charge in [-0.3, -0.25) is 9.59 Å². The first kappa shape index (κ1) is 49.5. The van der Waals surface area contributed by atoms with Crippen molar-refractivity contribution >= 4 is 24.0 Å². The number of amides is 4. The largest absolute Gasteiger partial charge is 0.453 e. The minimum atomic E-state index is -0.695. The molecule has 11 rings (SSSR count). The lowest BCUT2D eigenvalue weighted by atomic mass is 9.75. The minimum absolute atomic E-state index is 0.0649. The third-order valence-corrected chi connectivity index (χ3v) is 18.8. The normalized spacial score (nSPS) is 24.6. The molecule has 6 atom stereocenters. The summed E-state index contributed by atoms with van der Waals surface area (Å²) in [5.74, 6) is 1.55. The molecule has 4 aliphatic carbocycles. The molecule has 4 N–H and O–H groups in total. The van der Waals surface area contributed by atoms with Crippen LogP contribution in [0.25, 0.3) is 33.6 Å². The molecule has 3 saturated heterocycles. The van der Waals surface area contributed by atoms with Crippen LogP contribution in [-0.4, -0.2) is 118 Å². The highest BCUT2D eigenvalue weighted by Crippen LogP contribution is 2.56. The summed E-state index contributed by atoms with van der Waals surface area (Å²) in [6, 6.07) is 7.83. The molecule has 4 amide bonds. The van der Waals surface area contributed by atoms with Gasteiger partial charge in [0.05, 0.1) is 50.1 Å². The third kappa shape index (κ3) is 8.92. The van der Waals surface area contributed by atoms with Crippen LogP contribution in [0.1, 0.15) is 151 Å². The van der Waals surface area contributed by atoms with Crippen molar-refractivity contribution in [3.63, 3.8) is 0 Å². The Labute approximate surface area is 430 Å². The fourth-order valence-electron chi connectivity index (χ4n) is 14.9. The second kappa shape index (κ2) is 19.5. The fraction of sp³-hybridized carbons (Fsp3) is 0.621. The maximum atomic E-state index is 14.4. The van der Waals surface area contributed by atoms with E-state index >= 15 is 0 Å². The number of piperidine rings is 3. The zero-order valence-corrected chi connectivity index (χ0v) is 44.2. The van der Waals surface area contributed by atoms with Crippen molar-refractivity contribution in [1.29, 1.82) is 0 Å². The van der Waals surface area contributed by atoms with Crippen LogP contribution in [0.3, 0.4) is 0 Å². The lowest BCUT2D eigenvalue weighted by Crippen LogP contribution is -2.54. The van der Waals surface area contributed by atoms with E-state index in [9.17, 15) is 19.2 Å². The Hall–Kier alpha value is -5.70. The number of carbonyl (C=O) groups excluding carboxylic acids is 4. The van der Waals surface area contributed by atoms with Gasteiger partial charge in [-0.25, -0.2) is 19.6 Å². The molecule has 2 aromatic carbocycles. The summed E-state index contributed by atoms with van der Waals surface area (Å²) in [5, 5.41) is 5.64. The van der Waals surface area contributed by atoms with Gasteiger partial charge >= 0.3 is 12.2 Å². The first-order valence-electron chi connectivity index (χ1n) is 27.6. The first-order valence-corrected chi connectivity index (χ1v) is 27.6. The van der Waals surface area contributed by atoms with E-state index in [1.165, 1.54) is 84.4 Å². The molecule has 7 aliphatic rings. The van der Waals surface area contributed by atoms with E-state index in [4.69, 9.17) is 19.4 Å². The number of hydrogen-bond acceptors (Lipinski definition) is 9. The van der Waals surface area contributed by atoms with Crippen LogP contribution >= 0.6 is 0 Å². The van der Waals surface area contributed by atoms with E-state index in [2.05, 4.69) is 56.8 Å². The van der Waals surface area contributed by atoms with E-state index in [1.54, 1.807) is 0 Å². The van der Waals surface area contributed by atoms with Gasteiger partial charge in [0.1, 0.15) is 23.7 Å². The second-order valence-corrected chi connectivity index (χ2v) is 24.0. The molecule has 5 fully saturated rings. The van der Waals surface area contributed by atoms with Gasteiger partial charge in [0.25, 0.3) is 0 Å². The topological polar surface area (TPSA) is 178 Å². The highest BCUT2D eigenvalue weighted by Gasteiger charge is 2.52. The van der Waals surface area contributed by atoms with Crippen molar-refractivity contribution < 1.29 is 28.7 Å². The van der Waals surface area contributed by atoms with Crippen molar-refractivity contribution in [2.24, 2.45) is 28.6 Å². The Morgan fingerprint density at radius 3 is 1.70 bits per heavy atom. The van der Waals surface area contributed by atoms with Crippen molar-refractivity contribution in [2.45, 2.75) is 161 Å². The lowest BCUT2D eigenvalue weighted by molar-refractivity contribution is -0.139. The summed E-state index contributed by atoms with van der Waals surface area (Å²) in [4.78, 5) is 77.5. The van der Waals surface area contributed by atoms with Crippen molar-refractivity contribution in [2.75, 3.05) is 40.9 Å². The average molecular weight is 996 g/mol. The van der Waals surface area contributed by atoms with Crippen LogP contribution in [0.15, 0.2) is 36.7 Å². The van der Waals surface area contributed by atoms with Crippen LogP contribution in [0.4, 0.5) is 9.59 Å². The second-order valence-electron chi connectivity index (χ2n) is 24.0. The zero-order chi connectivity index (χ0) is 50.9. The summed E-state index contributed by atoms with van der Waals surface area (Å²) in [6.07, 6.45) is 20.0. The minimum Gasteiger partial charge on any atom is -0.453 e. The highest BCUT2D eigenvalue weighted by molar-refractivity contribution is 5.88. The first-order chi connectivity index (χ1) is 35.2. The van der Waals surface area contributed by atoms with Gasteiger partial charge in [-0.05, 0) is 172 Å². The molecule has 2 unspecified atom stereocenters. The lowest BCUT2D eigenvalue weighted by Gasteiger charge is -2.38. The summed E-state index contributed by atoms with van der Waals surface area (Å²) < 4.78 is 9.84. The van der Waals surface area contributed by atoms with E-state index in [0.29, 0.717) is 12.5 Å². The Morgan fingerprint density at radius 2 is 1.14 bits per heavy atom. The maximum Gasteiger partial charge on any atom is 0.407 e. The molecule has 2 spiro atoms. The Morgan fingerprint density at radius 1 is 0.630 bits per heavy atom. The van der Waals surface area contributed by atoms with E-state index in [-0.39, 0.29) is 52.6 Å². The number of benzene rings is 2. The molecule has 3 aliphatic heterocycles. The standard InChI is InChI=1S/C58H77N9O6/c1-33(2)48(63-55(70)72-6)53(68)66-23-11-8-12-47(66)51-59-31-45(61-51)39-17-15-37(41-27-57(29-43(39)41)19-9-10-20-57)38-16-18-40(44-30-58(28-42(38)44)21-24-65(5)25-22-58)46-32-60-52(62-46)50-35-13-14-36(26-35)67(50)54(69)49(34(3)4)64-56(71)73-7/h15-18,31-36,47-50H,8-14,19-30H2,1-7H3,(H,59,61)(H,60,62)(H,63,70)(H,64,71)/t35?,36?,47-,48-,49-,50-/m0/s1. The van der Waals surface area contributed by atoms with Gasteiger partial charge in [0.15, 0.2) is 0 Å². The van der Waals surface area contributed by atoms with E-state index in [1.807, 2.05) is 49.9 Å². The molecule has 15 nitrogen and oxygen atoms in total. The summed E-state index contributed by atoms with van der Waals surface area (Å²) in [5.41, 5.74) is 13.4. The predicted octanol–water partition coefficient (Wildman–Crippen LogP) is 9.47. The number of rotatable bonds is 11. The molecule has 73 heavy (non-hydrogen) atoms. The number of alkyl carbamates (subject to hydrolysis) is 2. The molecule has 2 aromatic heterocycles. The molecular formula is C58H77N9O6. The highest BCUT2D eigenvalue weighted by atomic mass is 16.5. The molecular weight excluding hydrogens is 919 g/mol. The molecule has 390 valence electrons. The number of nitrogens with one attached hydrogen (secondary N) is 4. The van der Waals surface area contributed by atoms with Crippen molar-refractivity contribution in [3.05, 3.63) is 70.6 Å². The average Bonchev–Trinajstić information content (AvgIpc) is 4.27. The van der Waals surface area contributed by atoms with Gasteiger partial charge in [-0.1, -0.05) is 64.8 Å². The Kier molecular flexibility index (Phi) is 13.2. The van der Waals surface area contributed by atoms with Gasteiger partial charge in [0, 0.05) is 23.7 Å². The summed E-state index contributed by atoms with van der Waals surface area (Å²) in [7, 11) is 4.91. The quantitative estimate of drug-likeness (QED) is 0.114. The molecule has 0 radical (unpaired) electrons. The number of likely N-dealkylation sites (tertiary alicyclic amines) is 3. The van der Waals surface area contributed by atoms with E-state index < -0.39 is 24.3 Å². The number of hydrogen-bond donors (Lipinski definition) is 4. The Balaban J connectivity index is 0.947. The number of aromatic amines is 2. The number of aromatic nitrogens is 4. The SMILES string of the molecule is COC(=O)N[C@H](C(=O)N1CCCC[C@H]1c1ncc(-c2ccc(-c3ccc(-c4cnc([C@@H]5C6CCC(C6)N5C(=O)[C@@H](NC(=O)OC)C(C)C)[nH]4)c4c3CC3(CCN(C)CC3)C4)c3c2CC2(CCCC2)C3)[nH]1)C(C)C. The zero-order valence-electron chi connectivity index (χ0n) is 44.2. The molecule has 5 heterocycles. The number of imidazole rings is 2. The number of H-pyrrole nitrogens is 2. The predicted molar refractivity (Wildman–Crippen MR) is 279 cm³/mol. The molecule has 2 bridgehead atoms. The van der Waals surface area contributed by atoms with Gasteiger partial charge in [-0.2, -0.15) is 0 Å². The van der Waals surface area contributed by atoms with Crippen molar-refractivity contribution in [3.8, 4) is 33.6 Å². The van der Waals surface area contributed by atoms with Crippen LogP contribution < -0.4 is 10.6 Å². The molecule has 2 saturated carbocycles. The van der Waals surface area contributed by atoms with Crippen LogP contribution in [0, 0.1) is 28.6 Å². The fourth-order valence-corrected chi connectivity index (χ4v) is 14.9. The maximum absolute atomic E-state index is 14.4. The van der Waals surface area contributed by atoms with Gasteiger partial charge in [-0.15, -0.1) is 0 Å². The monoisotopic (exact) mass is 996 g/mol. The van der Waals surface area contributed by atoms with E-state index in [0.717, 1.165) is 113 Å². The summed E-state index contributed by atoms with van der Waals surface area (Å²) >= 11 is 0. The van der Waals surface area contributed by atoms with Crippen molar-refractivity contribution in [1.82, 2.24) is 45.3 Å². The van der Waals surface area contributed by atoms with Gasteiger partial charge < -0.3 is 44.8 Å². The number of fused-ring (bicyclic) bond motifs is 4. The third-order valence-electron chi connectivity index (χ3n) is 18.8. The number of nitrogens with zero attached hydrogens (tertiary/aromatic N) is 5. The molecule has 4 aromatic rings. The number of methoxy groups -OCH3 is 2.